The fraction of sp³-hybridized carbons (Fsp3) is 0.429. The largest absolute Gasteiger partial charge is 0.414 e. The van der Waals surface area contributed by atoms with Crippen LogP contribution in [0.25, 0.3) is 0 Å². The molecule has 0 saturated heterocycles. The minimum Gasteiger partial charge on any atom is -0.376 e. The summed E-state index contributed by atoms with van der Waals surface area (Å²) in [6.45, 7) is 0. The Morgan fingerprint density at radius 3 is 1.47 bits per heavy atom. The lowest BCUT2D eigenvalue weighted by atomic mass is 10.4. The SMILES string of the molecule is CNC(=O)OC(=O)CC(=O)OC(=O)NC. The molecule has 0 atom stereocenters. The van der Waals surface area contributed by atoms with Crippen LogP contribution in [0.15, 0.2) is 0 Å². The van der Waals surface area contributed by atoms with Crippen LogP contribution in [0.2, 0.25) is 0 Å². The van der Waals surface area contributed by atoms with E-state index in [1.807, 2.05) is 10.6 Å². The van der Waals surface area contributed by atoms with Gasteiger partial charge in [-0.25, -0.2) is 9.59 Å². The fourth-order valence-electron chi connectivity index (χ4n) is 0.499. The highest BCUT2D eigenvalue weighted by molar-refractivity contribution is 5.98. The zero-order chi connectivity index (χ0) is 11.8. The van der Waals surface area contributed by atoms with Crippen LogP contribution < -0.4 is 10.6 Å². The highest BCUT2D eigenvalue weighted by atomic mass is 16.6. The summed E-state index contributed by atoms with van der Waals surface area (Å²) < 4.78 is 8.13. The van der Waals surface area contributed by atoms with Crippen molar-refractivity contribution in [2.24, 2.45) is 0 Å². The third-order valence-corrected chi connectivity index (χ3v) is 1.11. The van der Waals surface area contributed by atoms with Crippen LogP contribution >= 0.6 is 0 Å². The van der Waals surface area contributed by atoms with Crippen molar-refractivity contribution < 1.29 is 28.7 Å². The van der Waals surface area contributed by atoms with Crippen LogP contribution in [-0.2, 0) is 19.1 Å². The first-order chi connectivity index (χ1) is 6.99. The van der Waals surface area contributed by atoms with Gasteiger partial charge >= 0.3 is 24.1 Å². The summed E-state index contributed by atoms with van der Waals surface area (Å²) in [5, 5.41) is 4.02. The molecule has 0 aromatic rings. The average molecular weight is 218 g/mol. The Hall–Kier alpha value is -2.12. The molecular weight excluding hydrogens is 208 g/mol. The van der Waals surface area contributed by atoms with E-state index in [-0.39, 0.29) is 0 Å². The van der Waals surface area contributed by atoms with Gasteiger partial charge in [0, 0.05) is 14.1 Å². The second-order valence-corrected chi connectivity index (χ2v) is 2.20. The van der Waals surface area contributed by atoms with Crippen LogP contribution in [0.4, 0.5) is 9.59 Å². The lowest BCUT2D eigenvalue weighted by molar-refractivity contribution is -0.147. The molecule has 0 bridgehead atoms. The van der Waals surface area contributed by atoms with E-state index >= 15 is 0 Å². The van der Waals surface area contributed by atoms with Gasteiger partial charge in [-0.15, -0.1) is 0 Å². The summed E-state index contributed by atoms with van der Waals surface area (Å²) in [6, 6.07) is 0. The van der Waals surface area contributed by atoms with Gasteiger partial charge in [-0.1, -0.05) is 0 Å². The molecular formula is C7H10N2O6. The van der Waals surface area contributed by atoms with Gasteiger partial charge in [0.1, 0.15) is 6.42 Å². The van der Waals surface area contributed by atoms with Gasteiger partial charge in [-0.3, -0.25) is 9.59 Å². The molecule has 0 aliphatic heterocycles. The van der Waals surface area contributed by atoms with Crippen molar-refractivity contribution in [3.8, 4) is 0 Å². The van der Waals surface area contributed by atoms with Crippen molar-refractivity contribution in [1.29, 1.82) is 0 Å². The molecule has 8 heteroatoms. The molecule has 0 aromatic carbocycles. The van der Waals surface area contributed by atoms with E-state index in [1.165, 1.54) is 14.1 Å². The molecule has 0 aliphatic rings. The molecule has 8 nitrogen and oxygen atoms in total. The van der Waals surface area contributed by atoms with E-state index in [1.54, 1.807) is 0 Å². The number of carbonyl (C=O) groups excluding carboxylic acids is 4. The summed E-state index contributed by atoms with van der Waals surface area (Å²) in [7, 11) is 2.50. The monoisotopic (exact) mass is 218 g/mol. The Bertz CT molecular complexity index is 259. The van der Waals surface area contributed by atoms with Crippen molar-refractivity contribution in [2.75, 3.05) is 14.1 Å². The Morgan fingerprint density at radius 1 is 0.867 bits per heavy atom. The van der Waals surface area contributed by atoms with Gasteiger partial charge in [-0.2, -0.15) is 0 Å². The number of nitrogens with one attached hydrogen (secondary N) is 2. The normalized spacial score (nSPS) is 8.67. The predicted molar refractivity (Wildman–Crippen MR) is 45.7 cm³/mol. The number of rotatable bonds is 2. The molecule has 2 N–H and O–H groups in total. The standard InChI is InChI=1S/C7H10N2O6/c1-8-6(12)14-4(10)3-5(11)15-7(13)9-2/h3H2,1-2H3,(H,8,12)(H,9,13). The third kappa shape index (κ3) is 6.02. The molecule has 0 aromatic heterocycles. The van der Waals surface area contributed by atoms with Crippen molar-refractivity contribution in [3.63, 3.8) is 0 Å². The summed E-state index contributed by atoms with van der Waals surface area (Å²) in [4.78, 5) is 42.5. The maximum Gasteiger partial charge on any atom is 0.414 e. The quantitative estimate of drug-likeness (QED) is 0.461. The van der Waals surface area contributed by atoms with E-state index in [0.717, 1.165) is 0 Å². The van der Waals surface area contributed by atoms with Crippen LogP contribution in [0.1, 0.15) is 6.42 Å². The second kappa shape index (κ2) is 6.35. The number of amides is 2. The molecule has 0 radical (unpaired) electrons. The minimum absolute atomic E-state index is 0.819. The van der Waals surface area contributed by atoms with E-state index in [9.17, 15) is 19.2 Å². The Balaban J connectivity index is 3.92. The smallest absolute Gasteiger partial charge is 0.376 e. The molecule has 2 amide bonds. The van der Waals surface area contributed by atoms with Gasteiger partial charge in [-0.05, 0) is 0 Å². The number of hydrogen-bond donors (Lipinski definition) is 2. The predicted octanol–water partition coefficient (Wildman–Crippen LogP) is -0.858. The van der Waals surface area contributed by atoms with Gasteiger partial charge in [0.15, 0.2) is 0 Å². The lowest BCUT2D eigenvalue weighted by Gasteiger charge is -2.02. The van der Waals surface area contributed by atoms with Crippen LogP contribution in [-0.4, -0.2) is 38.2 Å². The lowest BCUT2D eigenvalue weighted by Crippen LogP contribution is -2.27. The zero-order valence-electron chi connectivity index (χ0n) is 8.16. The number of hydrogen-bond acceptors (Lipinski definition) is 6. The van der Waals surface area contributed by atoms with E-state index < -0.39 is 30.5 Å². The molecule has 0 spiro atoms. The zero-order valence-corrected chi connectivity index (χ0v) is 8.16. The van der Waals surface area contributed by atoms with Crippen molar-refractivity contribution in [1.82, 2.24) is 10.6 Å². The van der Waals surface area contributed by atoms with Crippen LogP contribution in [0.5, 0.6) is 0 Å². The molecule has 0 heterocycles. The average Bonchev–Trinajstić information content (AvgIpc) is 2.16. The highest BCUT2D eigenvalue weighted by Crippen LogP contribution is 1.91. The van der Waals surface area contributed by atoms with E-state index in [2.05, 4.69) is 9.47 Å². The van der Waals surface area contributed by atoms with E-state index in [4.69, 9.17) is 0 Å². The summed E-state index contributed by atoms with van der Waals surface area (Å²) in [5.41, 5.74) is 0. The number of alkyl carbamates (subject to hydrolysis) is 2. The summed E-state index contributed by atoms with van der Waals surface area (Å²) >= 11 is 0. The Labute approximate surface area is 84.9 Å². The first-order valence-corrected chi connectivity index (χ1v) is 3.84. The van der Waals surface area contributed by atoms with Crippen molar-refractivity contribution >= 4 is 24.1 Å². The topological polar surface area (TPSA) is 111 Å². The first-order valence-electron chi connectivity index (χ1n) is 3.84. The summed E-state index contributed by atoms with van der Waals surface area (Å²) in [6.07, 6.45) is -2.80. The van der Waals surface area contributed by atoms with Crippen molar-refractivity contribution in [3.05, 3.63) is 0 Å². The minimum atomic E-state index is -1.11. The van der Waals surface area contributed by atoms with Gasteiger partial charge in [0.2, 0.25) is 0 Å². The molecule has 15 heavy (non-hydrogen) atoms. The first kappa shape index (κ1) is 12.9. The van der Waals surface area contributed by atoms with Gasteiger partial charge in [0.05, 0.1) is 0 Å². The van der Waals surface area contributed by atoms with Crippen LogP contribution in [0, 0.1) is 0 Å². The maximum absolute atomic E-state index is 10.8. The number of carbonyl (C=O) groups is 4. The summed E-state index contributed by atoms with van der Waals surface area (Å²) in [5.74, 6) is -2.22. The second-order valence-electron chi connectivity index (χ2n) is 2.20. The maximum atomic E-state index is 10.8. The highest BCUT2D eigenvalue weighted by Gasteiger charge is 2.17. The molecule has 84 valence electrons. The Kier molecular flexibility index (Phi) is 5.45. The number of esters is 2. The van der Waals surface area contributed by atoms with Gasteiger partial charge in [0.25, 0.3) is 0 Å². The molecule has 0 saturated carbocycles. The molecule has 0 rings (SSSR count). The third-order valence-electron chi connectivity index (χ3n) is 1.11. The van der Waals surface area contributed by atoms with E-state index in [0.29, 0.717) is 0 Å². The van der Waals surface area contributed by atoms with Gasteiger partial charge < -0.3 is 20.1 Å². The fourth-order valence-corrected chi connectivity index (χ4v) is 0.499. The molecule has 0 unspecified atom stereocenters. The van der Waals surface area contributed by atoms with Crippen LogP contribution in [0.3, 0.4) is 0 Å². The molecule has 0 fully saturated rings. The molecule has 0 aliphatic carbocycles. The Morgan fingerprint density at radius 2 is 1.20 bits per heavy atom. The van der Waals surface area contributed by atoms with Crippen molar-refractivity contribution in [2.45, 2.75) is 6.42 Å². The number of ether oxygens (including phenoxy) is 2.